The number of nitrogens with zero attached hydrogens (tertiary/aromatic N) is 2. The molecule has 18 heteroatoms. The number of hydrogen-bond acceptors (Lipinski definition) is 13. The van der Waals surface area contributed by atoms with E-state index in [-0.39, 0.29) is 39.1 Å². The van der Waals surface area contributed by atoms with Gasteiger partial charge in [0.25, 0.3) is 10.1 Å². The van der Waals surface area contributed by atoms with Crippen LogP contribution in [0.2, 0.25) is 0 Å². The minimum Gasteiger partial charge on any atom is -0.445 e. The van der Waals surface area contributed by atoms with E-state index < -0.39 is 58.4 Å². The summed E-state index contributed by atoms with van der Waals surface area (Å²) in [4.78, 5) is 60.1. The summed E-state index contributed by atoms with van der Waals surface area (Å²) < 4.78 is 50.0. The maximum Gasteiger partial charge on any atom is 0.410 e. The van der Waals surface area contributed by atoms with E-state index in [4.69, 9.17) is 22.2 Å². The fourth-order valence-corrected chi connectivity index (χ4v) is 7.56. The third-order valence-corrected chi connectivity index (χ3v) is 10.6. The number of rotatable bonds is 16. The normalized spacial score (nSPS) is 19.0. The van der Waals surface area contributed by atoms with Gasteiger partial charge in [-0.3, -0.25) is 27.8 Å². The van der Waals surface area contributed by atoms with Crippen molar-refractivity contribution < 1.29 is 54.7 Å². The third-order valence-electron chi connectivity index (χ3n) is 9.42. The number of amides is 4. The van der Waals surface area contributed by atoms with Gasteiger partial charge < -0.3 is 20.1 Å². The molecule has 2 heterocycles. The van der Waals surface area contributed by atoms with Crippen molar-refractivity contribution in [3.63, 3.8) is 0 Å². The first-order valence-corrected chi connectivity index (χ1v) is 21.3. The van der Waals surface area contributed by atoms with E-state index in [1.165, 1.54) is 16.9 Å². The second kappa shape index (κ2) is 21.0. The highest BCUT2D eigenvalue weighted by molar-refractivity contribution is 7.89. The van der Waals surface area contributed by atoms with Crippen molar-refractivity contribution in [3.8, 4) is 0 Å². The lowest BCUT2D eigenvalue weighted by Gasteiger charge is -2.23. The molecule has 0 aliphatic carbocycles. The van der Waals surface area contributed by atoms with Gasteiger partial charge in [-0.25, -0.2) is 14.5 Å². The molecule has 16 nitrogen and oxygen atoms in total. The molecular weight excluding hydrogens is 817 g/mol. The molecule has 4 aromatic carbocycles. The van der Waals surface area contributed by atoms with Crippen molar-refractivity contribution >= 4 is 70.0 Å². The van der Waals surface area contributed by atoms with E-state index >= 15 is 0 Å². The summed E-state index contributed by atoms with van der Waals surface area (Å²) in [7, 11) is -2.51. The van der Waals surface area contributed by atoms with Crippen molar-refractivity contribution in [2.75, 3.05) is 37.1 Å². The standard InChI is InChI=1S/C42H44N4O12S2/c1-53-58-59-56-35-23-37(45(25-35)41(49)54-27-31-9-5-3-6-10-31)39(47)43-33-19-15-29(16-20-33)13-14-30-17-21-34(22-18-30)44-40(48)38-24-36(57-60(2,51)52)26-46(38)42(50)55-28-32-11-7-4-8-12-32/h3-22,35-38H,23-28H2,1-2H3,(H,43,47)(H,44,48)/b14-13+/t35-,36-,37+,38+/m1/s1. The van der Waals surface area contributed by atoms with Crippen molar-refractivity contribution in [2.45, 2.75) is 50.3 Å². The summed E-state index contributed by atoms with van der Waals surface area (Å²) in [5, 5.41) is 5.68. The molecule has 60 heavy (non-hydrogen) atoms. The quantitative estimate of drug-likeness (QED) is 0.0314. The van der Waals surface area contributed by atoms with Crippen molar-refractivity contribution in [1.82, 2.24) is 9.80 Å². The molecule has 0 saturated carbocycles. The summed E-state index contributed by atoms with van der Waals surface area (Å²) in [6.45, 7) is 0.00398. The van der Waals surface area contributed by atoms with E-state index in [9.17, 15) is 27.6 Å². The van der Waals surface area contributed by atoms with Gasteiger partial charge in [0, 0.05) is 24.2 Å². The molecule has 2 saturated heterocycles. The lowest BCUT2D eigenvalue weighted by molar-refractivity contribution is -0.167. The SMILES string of the molecule is COOSO[C@@H]1C[C@@H](C(=O)Nc2ccc(/C=C/c3ccc(NC(=O)[C@@H]4C[C@@H](OS(C)(=O)=O)CN4C(=O)OCc4ccccc4)cc3)cc2)N(C(=O)OCc2ccccc2)C1. The first-order valence-electron chi connectivity index (χ1n) is 18.8. The molecule has 0 spiro atoms. The minimum atomic E-state index is -3.84. The number of hydrogen-bond donors (Lipinski definition) is 2. The Morgan fingerprint density at radius 1 is 0.667 bits per heavy atom. The Morgan fingerprint density at radius 2 is 1.10 bits per heavy atom. The smallest absolute Gasteiger partial charge is 0.410 e. The van der Waals surface area contributed by atoms with Crippen LogP contribution in [-0.4, -0.2) is 93.0 Å². The van der Waals surface area contributed by atoms with Crippen LogP contribution in [0.4, 0.5) is 21.0 Å². The molecule has 0 radical (unpaired) electrons. The molecule has 0 aromatic heterocycles. The third kappa shape index (κ3) is 12.9. The second-order valence-corrected chi connectivity index (χ2v) is 16.0. The zero-order valence-electron chi connectivity index (χ0n) is 32.7. The summed E-state index contributed by atoms with van der Waals surface area (Å²) >= 11 is 0.616. The predicted octanol–water partition coefficient (Wildman–Crippen LogP) is 6.43. The van der Waals surface area contributed by atoms with Gasteiger partial charge in [0.2, 0.25) is 11.8 Å². The molecule has 2 aliphatic rings. The molecule has 2 aliphatic heterocycles. The number of carbonyl (C=O) groups is 4. The van der Waals surface area contributed by atoms with Crippen LogP contribution in [0.25, 0.3) is 12.2 Å². The van der Waals surface area contributed by atoms with Crippen LogP contribution in [0, 0.1) is 0 Å². The van der Waals surface area contributed by atoms with Crippen LogP contribution in [0.15, 0.2) is 109 Å². The van der Waals surface area contributed by atoms with Crippen LogP contribution in [-0.2, 0) is 60.0 Å². The molecule has 0 unspecified atom stereocenters. The van der Waals surface area contributed by atoms with Gasteiger partial charge in [0.1, 0.15) is 25.3 Å². The van der Waals surface area contributed by atoms with Gasteiger partial charge in [-0.05, 0) is 46.5 Å². The first-order chi connectivity index (χ1) is 28.9. The number of anilines is 2. The molecule has 6 rings (SSSR count). The van der Waals surface area contributed by atoms with Gasteiger partial charge in [-0.1, -0.05) is 97.1 Å². The van der Waals surface area contributed by atoms with Gasteiger partial charge in [-0.2, -0.15) is 8.42 Å². The van der Waals surface area contributed by atoms with E-state index in [1.54, 1.807) is 48.5 Å². The van der Waals surface area contributed by atoms with Crippen LogP contribution in [0.1, 0.15) is 35.1 Å². The topological polar surface area (TPSA) is 188 Å². The van der Waals surface area contributed by atoms with E-state index in [1.807, 2.05) is 72.8 Å². The largest absolute Gasteiger partial charge is 0.445 e. The fraction of sp³-hybridized carbons (Fsp3) is 0.286. The molecule has 2 N–H and O–H groups in total. The Hall–Kier alpha value is -5.76. The van der Waals surface area contributed by atoms with Gasteiger partial charge in [0.05, 0.1) is 38.7 Å². The fourth-order valence-electron chi connectivity index (χ4n) is 6.58. The Labute approximate surface area is 352 Å². The van der Waals surface area contributed by atoms with E-state index in [0.29, 0.717) is 23.7 Å². The maximum atomic E-state index is 13.5. The second-order valence-electron chi connectivity index (χ2n) is 13.9. The number of carbonyl (C=O) groups excluding carboxylic acids is 4. The maximum absolute atomic E-state index is 13.5. The van der Waals surface area contributed by atoms with Gasteiger partial charge >= 0.3 is 12.2 Å². The van der Waals surface area contributed by atoms with Crippen molar-refractivity contribution in [3.05, 3.63) is 131 Å². The average Bonchev–Trinajstić information content (AvgIpc) is 3.87. The summed E-state index contributed by atoms with van der Waals surface area (Å²) in [6.07, 6.45) is 2.00. The highest BCUT2D eigenvalue weighted by atomic mass is 32.2. The Morgan fingerprint density at radius 3 is 1.53 bits per heavy atom. The van der Waals surface area contributed by atoms with Crippen LogP contribution in [0.5, 0.6) is 0 Å². The lowest BCUT2D eigenvalue weighted by atomic mass is 10.1. The minimum absolute atomic E-state index is 0.0181. The zero-order chi connectivity index (χ0) is 42.5. The number of likely N-dealkylation sites (tertiary alicyclic amines) is 2. The summed E-state index contributed by atoms with van der Waals surface area (Å²) in [5.41, 5.74) is 4.22. The van der Waals surface area contributed by atoms with Crippen molar-refractivity contribution in [2.24, 2.45) is 0 Å². The molecule has 4 aromatic rings. The van der Waals surface area contributed by atoms with Crippen LogP contribution >= 0.6 is 12.3 Å². The van der Waals surface area contributed by atoms with E-state index in [2.05, 4.69) is 15.5 Å². The predicted molar refractivity (Wildman–Crippen MR) is 223 cm³/mol. The molecule has 4 amide bonds. The molecule has 316 valence electrons. The van der Waals surface area contributed by atoms with Crippen molar-refractivity contribution in [1.29, 1.82) is 0 Å². The van der Waals surface area contributed by atoms with Crippen LogP contribution in [0.3, 0.4) is 0 Å². The first kappa shape index (κ1) is 43.8. The summed E-state index contributed by atoms with van der Waals surface area (Å²) in [6, 6.07) is 30.5. The monoisotopic (exact) mass is 860 g/mol. The Balaban J connectivity index is 1.02. The molecule has 0 bridgehead atoms. The molecule has 2 fully saturated rings. The Bertz CT molecular complexity index is 2210. The molecule has 4 atom stereocenters. The number of benzene rings is 4. The highest BCUT2D eigenvalue weighted by Gasteiger charge is 2.43. The zero-order valence-corrected chi connectivity index (χ0v) is 34.3. The van der Waals surface area contributed by atoms with Gasteiger partial charge in [-0.15, -0.1) is 4.33 Å². The van der Waals surface area contributed by atoms with E-state index in [0.717, 1.165) is 28.5 Å². The molecular formula is C42H44N4O12S2. The average molecular weight is 861 g/mol. The van der Waals surface area contributed by atoms with Crippen LogP contribution < -0.4 is 10.6 Å². The number of nitrogens with one attached hydrogen (secondary N) is 2. The summed E-state index contributed by atoms with van der Waals surface area (Å²) in [5.74, 6) is -0.925. The number of ether oxygens (including phenoxy) is 2. The van der Waals surface area contributed by atoms with Gasteiger partial charge in [0.15, 0.2) is 12.3 Å². The Kier molecular flexibility index (Phi) is 15.3. The lowest BCUT2D eigenvalue weighted by Crippen LogP contribution is -2.43. The highest BCUT2D eigenvalue weighted by Crippen LogP contribution is 2.28.